The van der Waals surface area contributed by atoms with Crippen LogP contribution < -0.4 is 5.32 Å². The van der Waals surface area contributed by atoms with E-state index >= 15 is 0 Å². The van der Waals surface area contributed by atoms with Crippen LogP contribution in [0.2, 0.25) is 0 Å². The lowest BCUT2D eigenvalue weighted by Crippen LogP contribution is -2.14. The number of anilines is 1. The summed E-state index contributed by atoms with van der Waals surface area (Å²) in [6.45, 7) is 0.519. The van der Waals surface area contributed by atoms with Crippen molar-refractivity contribution in [3.05, 3.63) is 65.2 Å². The fourth-order valence-electron chi connectivity index (χ4n) is 2.38. The third kappa shape index (κ3) is 6.99. The lowest BCUT2D eigenvalue weighted by Gasteiger charge is -2.08. The second-order valence-corrected chi connectivity index (χ2v) is 6.55. The largest absolute Gasteiger partial charge is 0.481 e. The van der Waals surface area contributed by atoms with Crippen LogP contribution in [0, 0.1) is 0 Å². The van der Waals surface area contributed by atoms with E-state index in [2.05, 4.69) is 5.32 Å². The molecule has 2 rings (SSSR count). The zero-order valence-electron chi connectivity index (χ0n) is 14.0. The molecule has 0 heterocycles. The Morgan fingerprint density at radius 2 is 1.80 bits per heavy atom. The molecule has 0 saturated heterocycles. The van der Waals surface area contributed by atoms with Gasteiger partial charge in [-0.15, -0.1) is 11.8 Å². The maximum Gasteiger partial charge on any atom is 0.313 e. The third-order valence-electron chi connectivity index (χ3n) is 3.37. The average Bonchev–Trinajstić information content (AvgIpc) is 2.55. The van der Waals surface area contributed by atoms with Crippen molar-refractivity contribution in [2.75, 3.05) is 18.2 Å². The number of carbonyl (C=O) groups excluding carboxylic acids is 1. The van der Waals surface area contributed by atoms with E-state index in [1.807, 2.05) is 48.5 Å². The molecule has 132 valence electrons. The van der Waals surface area contributed by atoms with E-state index in [-0.39, 0.29) is 18.1 Å². The van der Waals surface area contributed by atoms with Crippen LogP contribution >= 0.6 is 11.8 Å². The maximum absolute atomic E-state index is 12.2. The minimum Gasteiger partial charge on any atom is -0.481 e. The Balaban J connectivity index is 1.91. The molecule has 0 saturated carbocycles. The van der Waals surface area contributed by atoms with E-state index in [0.29, 0.717) is 18.0 Å². The number of thioether (sulfide) groups is 1. The standard InChI is InChI=1S/C19H21NO4S/c1-24-11-15-5-2-4-14(8-15)10-18(21)20-17-7-3-6-16(9-17)12-25-13-19(22)23/h2-9H,10-13H2,1H3,(H,20,21)(H,22,23). The minimum absolute atomic E-state index is 0.0639. The van der Waals surface area contributed by atoms with Crippen LogP contribution in [0.25, 0.3) is 0 Å². The highest BCUT2D eigenvalue weighted by Gasteiger charge is 2.06. The molecule has 0 spiro atoms. The first-order valence-electron chi connectivity index (χ1n) is 7.82. The van der Waals surface area contributed by atoms with E-state index in [1.165, 1.54) is 11.8 Å². The Morgan fingerprint density at radius 1 is 1.08 bits per heavy atom. The van der Waals surface area contributed by atoms with E-state index in [9.17, 15) is 9.59 Å². The number of carbonyl (C=O) groups is 2. The summed E-state index contributed by atoms with van der Waals surface area (Å²) in [5.41, 5.74) is 3.66. The Labute approximate surface area is 151 Å². The number of amides is 1. The SMILES string of the molecule is COCc1cccc(CC(=O)Nc2cccc(CSCC(=O)O)c2)c1. The number of hydrogen-bond donors (Lipinski definition) is 2. The molecular formula is C19H21NO4S. The van der Waals surface area contributed by atoms with Gasteiger partial charge in [0.05, 0.1) is 18.8 Å². The molecule has 0 aromatic heterocycles. The van der Waals surface area contributed by atoms with Crippen LogP contribution in [0.5, 0.6) is 0 Å². The van der Waals surface area contributed by atoms with Crippen LogP contribution in [-0.2, 0) is 33.1 Å². The first kappa shape index (κ1) is 19.0. The summed E-state index contributed by atoms with van der Waals surface area (Å²) in [5.74, 6) is -0.265. The molecule has 0 aliphatic rings. The van der Waals surface area contributed by atoms with Gasteiger partial charge in [0.15, 0.2) is 0 Å². The van der Waals surface area contributed by atoms with Gasteiger partial charge in [0.2, 0.25) is 5.91 Å². The highest BCUT2D eigenvalue weighted by molar-refractivity contribution is 7.99. The fourth-order valence-corrected chi connectivity index (χ4v) is 3.07. The Morgan fingerprint density at radius 3 is 2.56 bits per heavy atom. The number of nitrogens with one attached hydrogen (secondary N) is 1. The van der Waals surface area contributed by atoms with Gasteiger partial charge >= 0.3 is 5.97 Å². The van der Waals surface area contributed by atoms with Gasteiger partial charge in [-0.05, 0) is 28.8 Å². The van der Waals surface area contributed by atoms with Crippen molar-refractivity contribution in [2.24, 2.45) is 0 Å². The summed E-state index contributed by atoms with van der Waals surface area (Å²) < 4.78 is 5.10. The molecule has 2 N–H and O–H groups in total. The van der Waals surface area contributed by atoms with Crippen LogP contribution in [-0.4, -0.2) is 29.8 Å². The van der Waals surface area contributed by atoms with Crippen molar-refractivity contribution in [1.29, 1.82) is 0 Å². The summed E-state index contributed by atoms with van der Waals surface area (Å²) in [6.07, 6.45) is 0.287. The van der Waals surface area contributed by atoms with Crippen LogP contribution in [0.4, 0.5) is 5.69 Å². The molecular weight excluding hydrogens is 338 g/mol. The summed E-state index contributed by atoms with van der Waals surface area (Å²) in [7, 11) is 1.64. The van der Waals surface area contributed by atoms with Crippen molar-refractivity contribution in [2.45, 2.75) is 18.8 Å². The molecule has 2 aromatic carbocycles. The average molecular weight is 359 g/mol. The number of hydrogen-bond acceptors (Lipinski definition) is 4. The molecule has 0 fully saturated rings. The van der Waals surface area contributed by atoms with Gasteiger partial charge in [-0.1, -0.05) is 36.4 Å². The van der Waals surface area contributed by atoms with Crippen LogP contribution in [0.1, 0.15) is 16.7 Å². The minimum atomic E-state index is -0.829. The lowest BCUT2D eigenvalue weighted by atomic mass is 10.1. The van der Waals surface area contributed by atoms with Crippen molar-refractivity contribution in [3.63, 3.8) is 0 Å². The Hall–Kier alpha value is -2.31. The first-order valence-corrected chi connectivity index (χ1v) is 8.97. The third-order valence-corrected chi connectivity index (χ3v) is 4.36. The first-order chi connectivity index (χ1) is 12.1. The van der Waals surface area contributed by atoms with E-state index in [0.717, 1.165) is 16.7 Å². The van der Waals surface area contributed by atoms with Gasteiger partial charge in [-0.25, -0.2) is 0 Å². The molecule has 0 atom stereocenters. The zero-order valence-corrected chi connectivity index (χ0v) is 14.8. The summed E-state index contributed by atoms with van der Waals surface area (Å²) in [5, 5.41) is 11.6. The normalized spacial score (nSPS) is 10.4. The zero-order chi connectivity index (χ0) is 18.1. The van der Waals surface area contributed by atoms with Gasteiger partial charge in [0.25, 0.3) is 0 Å². The van der Waals surface area contributed by atoms with Gasteiger partial charge < -0.3 is 15.2 Å². The van der Waals surface area contributed by atoms with Gasteiger partial charge in [0.1, 0.15) is 0 Å². The summed E-state index contributed by atoms with van der Waals surface area (Å²) in [4.78, 5) is 22.8. The predicted molar refractivity (Wildman–Crippen MR) is 99.7 cm³/mol. The topological polar surface area (TPSA) is 75.6 Å². The molecule has 0 unspecified atom stereocenters. The second-order valence-electron chi connectivity index (χ2n) is 5.56. The molecule has 6 heteroatoms. The van der Waals surface area contributed by atoms with Crippen LogP contribution in [0.3, 0.4) is 0 Å². The Kier molecular flexibility index (Phi) is 7.50. The van der Waals surface area contributed by atoms with E-state index < -0.39 is 5.97 Å². The van der Waals surface area contributed by atoms with Gasteiger partial charge in [-0.2, -0.15) is 0 Å². The smallest absolute Gasteiger partial charge is 0.313 e. The number of carboxylic acid groups (broad SMARTS) is 1. The summed E-state index contributed by atoms with van der Waals surface area (Å²) >= 11 is 1.33. The van der Waals surface area contributed by atoms with Crippen molar-refractivity contribution in [1.82, 2.24) is 0 Å². The van der Waals surface area contributed by atoms with E-state index in [4.69, 9.17) is 9.84 Å². The number of ether oxygens (including phenoxy) is 1. The van der Waals surface area contributed by atoms with Gasteiger partial charge in [-0.3, -0.25) is 9.59 Å². The number of rotatable bonds is 9. The molecule has 0 bridgehead atoms. The van der Waals surface area contributed by atoms with Crippen molar-refractivity contribution >= 4 is 29.3 Å². The predicted octanol–water partition coefficient (Wildman–Crippen LogP) is 3.33. The maximum atomic E-state index is 12.2. The quantitative estimate of drug-likeness (QED) is 0.718. The number of aliphatic carboxylic acids is 1. The number of methoxy groups -OCH3 is 1. The molecule has 2 aromatic rings. The number of carboxylic acids is 1. The van der Waals surface area contributed by atoms with E-state index in [1.54, 1.807) is 7.11 Å². The fraction of sp³-hybridized carbons (Fsp3) is 0.263. The molecule has 25 heavy (non-hydrogen) atoms. The van der Waals surface area contributed by atoms with Crippen LogP contribution in [0.15, 0.2) is 48.5 Å². The lowest BCUT2D eigenvalue weighted by molar-refractivity contribution is -0.133. The number of benzene rings is 2. The molecule has 0 aliphatic heterocycles. The van der Waals surface area contributed by atoms with Crippen molar-refractivity contribution in [3.8, 4) is 0 Å². The molecule has 1 amide bonds. The molecule has 0 aliphatic carbocycles. The summed E-state index contributed by atoms with van der Waals surface area (Å²) in [6, 6.07) is 15.2. The molecule has 0 radical (unpaired) electrons. The highest BCUT2D eigenvalue weighted by atomic mass is 32.2. The van der Waals surface area contributed by atoms with Crippen molar-refractivity contribution < 1.29 is 19.4 Å². The Bertz CT molecular complexity index is 733. The monoisotopic (exact) mass is 359 g/mol. The molecule has 5 nitrogen and oxygen atoms in total. The highest BCUT2D eigenvalue weighted by Crippen LogP contribution is 2.17. The van der Waals surface area contributed by atoms with Gasteiger partial charge in [0, 0.05) is 18.6 Å². The second kappa shape index (κ2) is 9.86.